The highest BCUT2D eigenvalue weighted by Crippen LogP contribution is 2.23. The first-order valence-electron chi connectivity index (χ1n) is 9.50. The van der Waals surface area contributed by atoms with Gasteiger partial charge in [0.25, 0.3) is 5.56 Å². The van der Waals surface area contributed by atoms with Crippen LogP contribution in [0.2, 0.25) is 5.02 Å². The van der Waals surface area contributed by atoms with E-state index in [-0.39, 0.29) is 16.5 Å². The van der Waals surface area contributed by atoms with E-state index in [0.717, 1.165) is 6.42 Å². The summed E-state index contributed by atoms with van der Waals surface area (Å²) in [6.45, 7) is 2.47. The lowest BCUT2D eigenvalue weighted by Crippen LogP contribution is -2.49. The molecule has 8 heteroatoms. The van der Waals surface area contributed by atoms with Crippen LogP contribution in [0.4, 0.5) is 5.69 Å². The van der Waals surface area contributed by atoms with E-state index in [4.69, 9.17) is 11.6 Å². The van der Waals surface area contributed by atoms with Gasteiger partial charge in [-0.15, -0.1) is 0 Å². The summed E-state index contributed by atoms with van der Waals surface area (Å²) in [6, 6.07) is 11.3. The number of halogens is 1. The van der Waals surface area contributed by atoms with E-state index < -0.39 is 0 Å². The zero-order valence-corrected chi connectivity index (χ0v) is 17.4. The van der Waals surface area contributed by atoms with Crippen LogP contribution in [0, 0.1) is 0 Å². The first-order valence-corrected chi connectivity index (χ1v) is 10.8. The van der Waals surface area contributed by atoms with Gasteiger partial charge >= 0.3 is 0 Å². The Labute approximate surface area is 177 Å². The topological polar surface area (TPSA) is 58.4 Å². The summed E-state index contributed by atoms with van der Waals surface area (Å²) in [4.78, 5) is 29.1. The number of aryl methyl sites for hydroxylation is 1. The minimum absolute atomic E-state index is 0.154. The van der Waals surface area contributed by atoms with Crippen LogP contribution in [0.3, 0.4) is 0 Å². The van der Waals surface area contributed by atoms with Crippen LogP contribution in [0.25, 0.3) is 5.69 Å². The van der Waals surface area contributed by atoms with Gasteiger partial charge in [0.05, 0.1) is 17.6 Å². The maximum Gasteiger partial charge on any atom is 0.292 e. The Morgan fingerprint density at radius 2 is 1.86 bits per heavy atom. The van der Waals surface area contributed by atoms with Gasteiger partial charge in [0.1, 0.15) is 5.02 Å². The van der Waals surface area contributed by atoms with Gasteiger partial charge in [-0.3, -0.25) is 9.59 Å². The highest BCUT2D eigenvalue weighted by molar-refractivity contribution is 7.07. The number of anilines is 1. The zero-order valence-electron chi connectivity index (χ0n) is 15.8. The van der Waals surface area contributed by atoms with Crippen LogP contribution in [0.1, 0.15) is 12.0 Å². The molecule has 1 aromatic carbocycles. The molecular formula is C21H21ClN4O2S. The van der Waals surface area contributed by atoms with Crippen LogP contribution in [-0.2, 0) is 11.2 Å². The molecule has 0 spiro atoms. The number of thiophene rings is 1. The number of aromatic nitrogens is 2. The lowest BCUT2D eigenvalue weighted by atomic mass is 10.1. The highest BCUT2D eigenvalue weighted by Gasteiger charge is 2.24. The van der Waals surface area contributed by atoms with Crippen LogP contribution in [0.15, 0.2) is 58.1 Å². The summed E-state index contributed by atoms with van der Waals surface area (Å²) in [5.41, 5.74) is 2.16. The van der Waals surface area contributed by atoms with Gasteiger partial charge in [0, 0.05) is 32.6 Å². The predicted molar refractivity (Wildman–Crippen MR) is 116 cm³/mol. The van der Waals surface area contributed by atoms with E-state index in [1.54, 1.807) is 17.5 Å². The van der Waals surface area contributed by atoms with Crippen molar-refractivity contribution in [2.75, 3.05) is 31.1 Å². The first kappa shape index (κ1) is 19.7. The zero-order chi connectivity index (χ0) is 20.2. The van der Waals surface area contributed by atoms with Crippen LogP contribution in [-0.4, -0.2) is 46.8 Å². The molecule has 0 bridgehead atoms. The summed E-state index contributed by atoms with van der Waals surface area (Å²) < 4.78 is 1.30. The number of carbonyl (C=O) groups is 1. The molecule has 29 heavy (non-hydrogen) atoms. The second-order valence-electron chi connectivity index (χ2n) is 6.90. The first-order chi connectivity index (χ1) is 14.1. The fourth-order valence-electron chi connectivity index (χ4n) is 3.44. The smallest absolute Gasteiger partial charge is 0.292 e. The summed E-state index contributed by atoms with van der Waals surface area (Å²) in [7, 11) is 0. The van der Waals surface area contributed by atoms with E-state index in [1.807, 2.05) is 45.5 Å². The molecule has 1 aliphatic heterocycles. The number of hydrogen-bond donors (Lipinski definition) is 0. The third-order valence-electron chi connectivity index (χ3n) is 5.08. The van der Waals surface area contributed by atoms with Gasteiger partial charge in [-0.2, -0.15) is 21.1 Å². The van der Waals surface area contributed by atoms with E-state index in [2.05, 4.69) is 16.5 Å². The molecule has 1 aliphatic rings. The number of para-hydroxylation sites is 1. The molecule has 0 N–H and O–H groups in total. The predicted octanol–water partition coefficient (Wildman–Crippen LogP) is 3.23. The quantitative estimate of drug-likeness (QED) is 0.626. The van der Waals surface area contributed by atoms with Crippen molar-refractivity contribution >= 4 is 34.5 Å². The Morgan fingerprint density at radius 1 is 1.10 bits per heavy atom. The van der Waals surface area contributed by atoms with Gasteiger partial charge < -0.3 is 9.80 Å². The third kappa shape index (κ3) is 4.36. The van der Waals surface area contributed by atoms with Gasteiger partial charge in [-0.25, -0.2) is 0 Å². The molecule has 0 unspecified atom stereocenters. The Hall–Kier alpha value is -2.64. The average molecular weight is 429 g/mol. The molecule has 1 fully saturated rings. The molecule has 0 radical (unpaired) electrons. The molecule has 3 heterocycles. The standard InChI is InChI=1S/C21H21ClN4O2S/c22-20-18(14-23-26(21(20)28)17-4-2-1-3-5-17)24-9-11-25(12-10-24)19(27)7-6-16-8-13-29-15-16/h1-5,8,13-15H,6-7,9-12H2. The molecule has 0 saturated carbocycles. The minimum atomic E-state index is -0.343. The second kappa shape index (κ2) is 8.80. The van der Waals surface area contributed by atoms with Crippen LogP contribution >= 0.6 is 22.9 Å². The normalized spacial score (nSPS) is 14.2. The molecule has 3 aromatic rings. The van der Waals surface area contributed by atoms with Gasteiger partial charge in [0.2, 0.25) is 5.91 Å². The van der Waals surface area contributed by atoms with Gasteiger partial charge in [0.15, 0.2) is 0 Å². The van der Waals surface area contributed by atoms with Crippen molar-refractivity contribution in [3.63, 3.8) is 0 Å². The van der Waals surface area contributed by atoms with Gasteiger partial charge in [-0.05, 0) is 40.9 Å². The molecule has 150 valence electrons. The summed E-state index contributed by atoms with van der Waals surface area (Å²) >= 11 is 8.04. The van der Waals surface area contributed by atoms with Crippen molar-refractivity contribution in [1.29, 1.82) is 0 Å². The van der Waals surface area contributed by atoms with E-state index >= 15 is 0 Å². The monoisotopic (exact) mass is 428 g/mol. The lowest BCUT2D eigenvalue weighted by Gasteiger charge is -2.36. The van der Waals surface area contributed by atoms with E-state index in [0.29, 0.717) is 44.0 Å². The number of amides is 1. The van der Waals surface area contributed by atoms with Crippen molar-refractivity contribution in [2.24, 2.45) is 0 Å². The Bertz CT molecular complexity index is 1030. The Morgan fingerprint density at radius 3 is 2.55 bits per heavy atom. The molecule has 0 aliphatic carbocycles. The number of rotatable bonds is 5. The Kier molecular flexibility index (Phi) is 5.97. The molecule has 1 amide bonds. The molecular weight excluding hydrogens is 408 g/mol. The maximum atomic E-state index is 12.7. The average Bonchev–Trinajstić information content (AvgIpc) is 3.28. The SMILES string of the molecule is O=C(CCc1ccsc1)N1CCN(c2cnn(-c3ccccc3)c(=O)c2Cl)CC1. The van der Waals surface area contributed by atoms with Crippen molar-refractivity contribution in [3.8, 4) is 5.69 Å². The molecule has 0 atom stereocenters. The van der Waals surface area contributed by atoms with E-state index in [1.165, 1.54) is 10.2 Å². The van der Waals surface area contributed by atoms with Crippen molar-refractivity contribution in [2.45, 2.75) is 12.8 Å². The lowest BCUT2D eigenvalue weighted by molar-refractivity contribution is -0.131. The van der Waals surface area contributed by atoms with Crippen LogP contribution in [0.5, 0.6) is 0 Å². The van der Waals surface area contributed by atoms with Gasteiger partial charge in [-0.1, -0.05) is 29.8 Å². The van der Waals surface area contributed by atoms with E-state index in [9.17, 15) is 9.59 Å². The van der Waals surface area contributed by atoms with Crippen LogP contribution < -0.4 is 10.5 Å². The van der Waals surface area contributed by atoms with Crippen molar-refractivity contribution in [3.05, 3.63) is 74.3 Å². The molecule has 4 rings (SSSR count). The summed E-state index contributed by atoms with van der Waals surface area (Å²) in [6.07, 6.45) is 2.92. The number of piperazine rings is 1. The number of carbonyl (C=O) groups excluding carboxylic acids is 1. The number of nitrogens with zero attached hydrogens (tertiary/aromatic N) is 4. The van der Waals surface area contributed by atoms with Crippen molar-refractivity contribution in [1.82, 2.24) is 14.7 Å². The summed E-state index contributed by atoms with van der Waals surface area (Å²) in [5.74, 6) is 0.166. The molecule has 1 saturated heterocycles. The largest absolute Gasteiger partial charge is 0.365 e. The number of hydrogen-bond acceptors (Lipinski definition) is 5. The maximum absolute atomic E-state index is 12.7. The minimum Gasteiger partial charge on any atom is -0.365 e. The second-order valence-corrected chi connectivity index (χ2v) is 8.05. The fraction of sp³-hybridized carbons (Fsp3) is 0.286. The molecule has 2 aromatic heterocycles. The summed E-state index contributed by atoms with van der Waals surface area (Å²) in [5, 5.41) is 8.56. The van der Waals surface area contributed by atoms with Crippen molar-refractivity contribution < 1.29 is 4.79 Å². The number of benzene rings is 1. The fourth-order valence-corrected chi connectivity index (χ4v) is 4.39. The third-order valence-corrected chi connectivity index (χ3v) is 6.17. The highest BCUT2D eigenvalue weighted by atomic mass is 35.5. The Balaban J connectivity index is 1.40. The molecule has 6 nitrogen and oxygen atoms in total.